The summed E-state index contributed by atoms with van der Waals surface area (Å²) >= 11 is 0. The molecule has 3 aliphatic rings. The van der Waals surface area contributed by atoms with Gasteiger partial charge in [0.1, 0.15) is 5.82 Å². The molecule has 2 aliphatic carbocycles. The summed E-state index contributed by atoms with van der Waals surface area (Å²) in [5.41, 5.74) is 10.0. The number of piperidine rings is 1. The van der Waals surface area contributed by atoms with Crippen LogP contribution in [0.15, 0.2) is 30.3 Å². The van der Waals surface area contributed by atoms with Crippen LogP contribution in [0.5, 0.6) is 0 Å². The fourth-order valence-electron chi connectivity index (χ4n) is 4.55. The van der Waals surface area contributed by atoms with Gasteiger partial charge in [0, 0.05) is 24.6 Å². The Hall–Kier alpha value is -2.14. The molecule has 3 atom stereocenters. The van der Waals surface area contributed by atoms with Gasteiger partial charge in [-0.2, -0.15) is 4.98 Å². The minimum absolute atomic E-state index is 0.203. The molecule has 0 spiro atoms. The number of fused-ring (bicyclic) bond motifs is 2. The number of nitrogens with zero attached hydrogens (tertiary/aromatic N) is 2. The van der Waals surface area contributed by atoms with Crippen molar-refractivity contribution in [2.24, 2.45) is 5.92 Å². The third-order valence-corrected chi connectivity index (χ3v) is 5.94. The second kappa shape index (κ2) is 5.18. The van der Waals surface area contributed by atoms with E-state index in [9.17, 15) is 0 Å². The van der Waals surface area contributed by atoms with Crippen LogP contribution in [-0.2, 0) is 6.42 Å². The van der Waals surface area contributed by atoms with E-state index in [1.807, 2.05) is 0 Å². The lowest BCUT2D eigenvalue weighted by Crippen LogP contribution is -2.31. The molecule has 1 aromatic carbocycles. The summed E-state index contributed by atoms with van der Waals surface area (Å²) in [5, 5.41) is 7.21. The minimum atomic E-state index is 0.203. The lowest BCUT2D eigenvalue weighted by atomic mass is 9.82. The number of benzene rings is 1. The van der Waals surface area contributed by atoms with Crippen LogP contribution in [0.4, 0.5) is 11.8 Å². The van der Waals surface area contributed by atoms with Crippen molar-refractivity contribution in [1.82, 2.24) is 15.3 Å². The molecule has 0 amide bonds. The van der Waals surface area contributed by atoms with Gasteiger partial charge in [-0.3, -0.25) is 0 Å². The van der Waals surface area contributed by atoms with Crippen molar-refractivity contribution >= 4 is 11.8 Å². The summed E-state index contributed by atoms with van der Waals surface area (Å²) in [6, 6.07) is 10.7. The van der Waals surface area contributed by atoms with Crippen molar-refractivity contribution in [1.29, 1.82) is 0 Å². The summed E-state index contributed by atoms with van der Waals surface area (Å²) in [6.45, 7) is 2.14. The highest BCUT2D eigenvalue weighted by molar-refractivity contribution is 5.56. The smallest absolute Gasteiger partial charge is 0.222 e. The van der Waals surface area contributed by atoms with Gasteiger partial charge in [-0.1, -0.05) is 30.3 Å². The molecule has 1 saturated carbocycles. The molecule has 5 heteroatoms. The van der Waals surface area contributed by atoms with E-state index in [1.165, 1.54) is 24.0 Å². The predicted octanol–water partition coefficient (Wildman–Crippen LogP) is 2.30. The second-order valence-corrected chi connectivity index (χ2v) is 7.46. The number of hydrogen-bond donors (Lipinski definition) is 3. The fourth-order valence-corrected chi connectivity index (χ4v) is 4.55. The van der Waals surface area contributed by atoms with Crippen molar-refractivity contribution in [3.8, 4) is 0 Å². The first-order valence-electron chi connectivity index (χ1n) is 8.95. The molecule has 1 saturated heterocycles. The van der Waals surface area contributed by atoms with Gasteiger partial charge in [-0.05, 0) is 37.2 Å². The van der Waals surface area contributed by atoms with E-state index in [4.69, 9.17) is 5.73 Å². The fraction of sp³-hybridized carbons (Fsp3) is 0.474. The SMILES string of the molecule is Nc1nc(N[C@]23CNCC2C3)c2c(n1)C(c1ccccc1)CCC2. The quantitative estimate of drug-likeness (QED) is 0.809. The number of hydrogen-bond acceptors (Lipinski definition) is 5. The lowest BCUT2D eigenvalue weighted by molar-refractivity contribution is 0.594. The number of rotatable bonds is 3. The van der Waals surface area contributed by atoms with Crippen LogP contribution in [-0.4, -0.2) is 28.6 Å². The summed E-state index contributed by atoms with van der Waals surface area (Å²) in [4.78, 5) is 9.23. The molecule has 2 heterocycles. The predicted molar refractivity (Wildman–Crippen MR) is 95.0 cm³/mol. The van der Waals surface area contributed by atoms with Gasteiger partial charge in [0.2, 0.25) is 5.95 Å². The average Bonchev–Trinajstić information content (AvgIpc) is 3.14. The minimum Gasteiger partial charge on any atom is -0.368 e. The maximum absolute atomic E-state index is 6.08. The maximum atomic E-state index is 6.08. The Labute approximate surface area is 142 Å². The topological polar surface area (TPSA) is 75.9 Å². The van der Waals surface area contributed by atoms with E-state index >= 15 is 0 Å². The van der Waals surface area contributed by atoms with Crippen molar-refractivity contribution in [2.45, 2.75) is 37.1 Å². The van der Waals surface area contributed by atoms with Crippen LogP contribution in [0.2, 0.25) is 0 Å². The summed E-state index contributed by atoms with van der Waals surface area (Å²) in [6.07, 6.45) is 4.57. The number of aromatic nitrogens is 2. The third kappa shape index (κ3) is 2.18. The molecule has 24 heavy (non-hydrogen) atoms. The Kier molecular flexibility index (Phi) is 3.07. The van der Waals surface area contributed by atoms with Gasteiger partial charge in [0.25, 0.3) is 0 Å². The zero-order chi connectivity index (χ0) is 16.1. The first kappa shape index (κ1) is 14.2. The number of nitrogens with one attached hydrogen (secondary N) is 2. The van der Waals surface area contributed by atoms with Crippen molar-refractivity contribution in [3.05, 3.63) is 47.2 Å². The molecular weight excluding hydrogens is 298 g/mol. The van der Waals surface area contributed by atoms with Crippen LogP contribution < -0.4 is 16.4 Å². The molecule has 1 aliphatic heterocycles. The Bertz CT molecular complexity index is 775. The van der Waals surface area contributed by atoms with E-state index in [0.29, 0.717) is 11.9 Å². The summed E-state index contributed by atoms with van der Waals surface area (Å²) in [7, 11) is 0. The van der Waals surface area contributed by atoms with Gasteiger partial charge in [0.15, 0.2) is 0 Å². The molecule has 0 radical (unpaired) electrons. The third-order valence-electron chi connectivity index (χ3n) is 5.94. The Morgan fingerprint density at radius 2 is 2.08 bits per heavy atom. The van der Waals surface area contributed by atoms with Crippen LogP contribution in [0.25, 0.3) is 0 Å². The number of anilines is 2. The first-order valence-corrected chi connectivity index (χ1v) is 8.95. The molecular formula is C19H23N5. The Balaban J connectivity index is 1.55. The maximum Gasteiger partial charge on any atom is 0.222 e. The van der Waals surface area contributed by atoms with E-state index < -0.39 is 0 Å². The van der Waals surface area contributed by atoms with E-state index in [1.54, 1.807) is 0 Å². The number of nitrogens with two attached hydrogens (primary N) is 1. The zero-order valence-corrected chi connectivity index (χ0v) is 13.8. The molecule has 2 aromatic rings. The first-order chi connectivity index (χ1) is 11.8. The van der Waals surface area contributed by atoms with E-state index in [0.717, 1.165) is 43.4 Å². The highest BCUT2D eigenvalue weighted by Gasteiger charge is 2.57. The van der Waals surface area contributed by atoms with Crippen molar-refractivity contribution < 1.29 is 0 Å². The highest BCUT2D eigenvalue weighted by Crippen LogP contribution is 2.49. The summed E-state index contributed by atoms with van der Waals surface area (Å²) < 4.78 is 0. The van der Waals surface area contributed by atoms with E-state index in [-0.39, 0.29) is 5.54 Å². The Morgan fingerprint density at radius 1 is 1.21 bits per heavy atom. The van der Waals surface area contributed by atoms with Crippen LogP contribution >= 0.6 is 0 Å². The average molecular weight is 321 g/mol. The monoisotopic (exact) mass is 321 g/mol. The molecule has 1 aromatic heterocycles. The molecule has 2 fully saturated rings. The molecule has 2 unspecified atom stereocenters. The van der Waals surface area contributed by atoms with Gasteiger partial charge in [0.05, 0.1) is 11.2 Å². The molecule has 0 bridgehead atoms. The molecule has 124 valence electrons. The van der Waals surface area contributed by atoms with Crippen LogP contribution in [0.1, 0.15) is 42.0 Å². The largest absolute Gasteiger partial charge is 0.368 e. The van der Waals surface area contributed by atoms with Gasteiger partial charge in [-0.25, -0.2) is 4.98 Å². The van der Waals surface area contributed by atoms with Gasteiger partial charge >= 0.3 is 0 Å². The molecule has 4 N–H and O–H groups in total. The van der Waals surface area contributed by atoms with Crippen molar-refractivity contribution in [2.75, 3.05) is 24.1 Å². The van der Waals surface area contributed by atoms with Crippen LogP contribution in [0, 0.1) is 5.92 Å². The Morgan fingerprint density at radius 3 is 2.83 bits per heavy atom. The standard InChI is InChI=1S/C19H23N5/c20-18-22-16-14(12-5-2-1-3-6-12)7-4-8-15(16)17(23-18)24-19-9-13(19)10-21-11-19/h1-3,5-6,13-14,21H,4,7-11H2,(H3,20,22,23,24)/t13?,14?,19-/m1/s1. The summed E-state index contributed by atoms with van der Waals surface area (Å²) in [5.74, 6) is 2.43. The van der Waals surface area contributed by atoms with Crippen molar-refractivity contribution in [3.63, 3.8) is 0 Å². The van der Waals surface area contributed by atoms with Crippen LogP contribution in [0.3, 0.4) is 0 Å². The lowest BCUT2D eigenvalue weighted by Gasteiger charge is -2.28. The number of nitrogen functional groups attached to an aromatic ring is 1. The molecule has 5 nitrogen and oxygen atoms in total. The van der Waals surface area contributed by atoms with Gasteiger partial charge < -0.3 is 16.4 Å². The van der Waals surface area contributed by atoms with Gasteiger partial charge in [-0.15, -0.1) is 0 Å². The normalized spacial score (nSPS) is 30.5. The molecule has 5 rings (SSSR count). The van der Waals surface area contributed by atoms with E-state index in [2.05, 4.69) is 50.9 Å². The zero-order valence-electron chi connectivity index (χ0n) is 13.8. The highest BCUT2D eigenvalue weighted by atomic mass is 15.2. The second-order valence-electron chi connectivity index (χ2n) is 7.46.